The topological polar surface area (TPSA) is 62.6 Å². The number of hydrogen-bond donors (Lipinski definition) is 3. The molecule has 0 saturated heterocycles. The van der Waals surface area contributed by atoms with Gasteiger partial charge < -0.3 is 15.5 Å². The van der Waals surface area contributed by atoms with Gasteiger partial charge in [-0.05, 0) is 51.2 Å². The van der Waals surface area contributed by atoms with Gasteiger partial charge in [0.1, 0.15) is 0 Å². The van der Waals surface area contributed by atoms with Crippen LogP contribution < -0.4 is 15.5 Å². The van der Waals surface area contributed by atoms with Gasteiger partial charge >= 0.3 is 0 Å². The zero-order valence-electron chi connectivity index (χ0n) is 15.4. The number of rotatable bonds is 8. The average Bonchev–Trinajstić information content (AvgIpc) is 2.57. The Morgan fingerprint density at radius 1 is 1.08 bits per heavy atom. The minimum Gasteiger partial charge on any atom is -0.351 e. The second kappa shape index (κ2) is 9.99. The zero-order chi connectivity index (χ0) is 18.1. The second-order valence-corrected chi connectivity index (χ2v) is 6.93. The third-order valence-corrected chi connectivity index (χ3v) is 4.41. The number of nitrogens with one attached hydrogen (secondary N) is 3. The molecule has 1 aliphatic rings. The van der Waals surface area contributed by atoms with Crippen LogP contribution in [-0.2, 0) is 9.59 Å². The summed E-state index contributed by atoms with van der Waals surface area (Å²) in [6.07, 6.45) is 8.14. The first-order valence-electron chi connectivity index (χ1n) is 9.15. The third-order valence-electron chi connectivity index (χ3n) is 4.41. The first-order chi connectivity index (χ1) is 12.0. The van der Waals surface area contributed by atoms with Crippen LogP contribution in [0.5, 0.6) is 0 Å². The fourth-order valence-corrected chi connectivity index (χ4v) is 3.01. The quantitative estimate of drug-likeness (QED) is 0.625. The number of carbonyl (C=O) groups is 2. The van der Waals surface area contributed by atoms with Crippen molar-refractivity contribution in [2.24, 2.45) is 0 Å². The van der Waals surface area contributed by atoms with Crippen LogP contribution in [0.25, 0.3) is 0 Å². The molecule has 136 valence electrons. The number of hydrogen-bond acceptors (Lipinski definition) is 2. The van der Waals surface area contributed by atoms with Crippen molar-refractivity contribution in [3.63, 3.8) is 0 Å². The van der Waals surface area contributed by atoms with Crippen LogP contribution in [-0.4, -0.2) is 38.5 Å². The molecule has 25 heavy (non-hydrogen) atoms. The van der Waals surface area contributed by atoms with Crippen LogP contribution >= 0.6 is 0 Å². The molecule has 1 aliphatic carbocycles. The number of amides is 2. The number of carbonyl (C=O) groups excluding carboxylic acids is 2. The van der Waals surface area contributed by atoms with Crippen LogP contribution in [0.4, 0.5) is 5.69 Å². The van der Waals surface area contributed by atoms with Crippen molar-refractivity contribution in [2.75, 3.05) is 32.0 Å². The fourth-order valence-electron chi connectivity index (χ4n) is 3.01. The summed E-state index contributed by atoms with van der Waals surface area (Å²) in [5.74, 6) is -0.0847. The highest BCUT2D eigenvalue weighted by molar-refractivity contribution is 5.91. The molecular weight excluding hydrogens is 314 g/mol. The Kier molecular flexibility index (Phi) is 7.67. The predicted octanol–water partition coefficient (Wildman–Crippen LogP) is 1.45. The molecule has 0 bridgehead atoms. The van der Waals surface area contributed by atoms with E-state index in [0.717, 1.165) is 22.6 Å². The van der Waals surface area contributed by atoms with E-state index in [4.69, 9.17) is 0 Å². The van der Waals surface area contributed by atoms with E-state index in [0.29, 0.717) is 13.1 Å². The van der Waals surface area contributed by atoms with E-state index in [9.17, 15) is 9.59 Å². The lowest BCUT2D eigenvalue weighted by molar-refractivity contribution is -0.862. The number of aryl methyl sites for hydroxylation is 1. The van der Waals surface area contributed by atoms with E-state index in [-0.39, 0.29) is 18.4 Å². The van der Waals surface area contributed by atoms with Crippen molar-refractivity contribution in [3.8, 4) is 0 Å². The van der Waals surface area contributed by atoms with Gasteiger partial charge in [0.15, 0.2) is 13.1 Å². The van der Waals surface area contributed by atoms with Crippen LogP contribution in [0.15, 0.2) is 35.9 Å². The molecule has 5 nitrogen and oxygen atoms in total. The Labute approximate surface area is 150 Å². The maximum atomic E-state index is 12.0. The van der Waals surface area contributed by atoms with Gasteiger partial charge in [-0.1, -0.05) is 29.3 Å². The summed E-state index contributed by atoms with van der Waals surface area (Å²) in [7, 11) is 1.86. The number of allylic oxidation sites excluding steroid dienone is 1. The van der Waals surface area contributed by atoms with Crippen molar-refractivity contribution < 1.29 is 14.5 Å². The fraction of sp³-hybridized carbons (Fsp3) is 0.500. The minimum atomic E-state index is -0.0819. The predicted molar refractivity (Wildman–Crippen MR) is 101 cm³/mol. The molecule has 0 spiro atoms. The van der Waals surface area contributed by atoms with E-state index in [1.165, 1.54) is 31.3 Å². The molecule has 3 N–H and O–H groups in total. The Morgan fingerprint density at radius 3 is 2.48 bits per heavy atom. The highest BCUT2D eigenvalue weighted by Crippen LogP contribution is 2.19. The Bertz CT molecular complexity index is 608. The molecule has 0 fully saturated rings. The Balaban J connectivity index is 1.63. The molecule has 1 atom stereocenters. The Hall–Kier alpha value is -2.14. The van der Waals surface area contributed by atoms with E-state index < -0.39 is 0 Å². The van der Waals surface area contributed by atoms with Gasteiger partial charge in [-0.25, -0.2) is 0 Å². The summed E-state index contributed by atoms with van der Waals surface area (Å²) in [5, 5.41) is 5.82. The monoisotopic (exact) mass is 344 g/mol. The summed E-state index contributed by atoms with van der Waals surface area (Å²) in [5.41, 5.74) is 3.40. The molecule has 0 aliphatic heterocycles. The number of likely N-dealkylation sites (N-methyl/N-ethyl adjacent to an activating group) is 1. The third kappa shape index (κ3) is 7.52. The average molecular weight is 344 g/mol. The van der Waals surface area contributed by atoms with Crippen LogP contribution in [0.1, 0.15) is 37.7 Å². The summed E-state index contributed by atoms with van der Waals surface area (Å²) in [6, 6.07) is 7.69. The van der Waals surface area contributed by atoms with Gasteiger partial charge in [-0.2, -0.15) is 0 Å². The lowest BCUT2D eigenvalue weighted by Gasteiger charge is -2.15. The van der Waals surface area contributed by atoms with E-state index >= 15 is 0 Å². The summed E-state index contributed by atoms with van der Waals surface area (Å²) >= 11 is 0. The molecule has 2 amide bonds. The molecule has 1 unspecified atom stereocenters. The van der Waals surface area contributed by atoms with Crippen LogP contribution in [0, 0.1) is 6.92 Å². The largest absolute Gasteiger partial charge is 0.351 e. The van der Waals surface area contributed by atoms with Crippen molar-refractivity contribution in [2.45, 2.75) is 39.0 Å². The van der Waals surface area contributed by atoms with E-state index in [1.54, 1.807) is 0 Å². The van der Waals surface area contributed by atoms with Crippen molar-refractivity contribution in [1.82, 2.24) is 5.32 Å². The lowest BCUT2D eigenvalue weighted by atomic mass is 9.97. The van der Waals surface area contributed by atoms with Gasteiger partial charge in [0, 0.05) is 12.2 Å². The zero-order valence-corrected chi connectivity index (χ0v) is 15.4. The van der Waals surface area contributed by atoms with E-state index in [1.807, 2.05) is 38.2 Å². The first-order valence-corrected chi connectivity index (χ1v) is 9.15. The molecular formula is C20H30N3O2+. The highest BCUT2D eigenvalue weighted by Gasteiger charge is 2.14. The van der Waals surface area contributed by atoms with Crippen molar-refractivity contribution in [1.29, 1.82) is 0 Å². The number of anilines is 1. The van der Waals surface area contributed by atoms with Gasteiger partial charge in [0.25, 0.3) is 11.8 Å². The standard InChI is InChI=1S/C20H29N3O2/c1-16-8-10-18(11-9-16)22-20(25)15-23(2)14-19(24)21-13-12-17-6-4-3-5-7-17/h6,8-11H,3-5,7,12-15H2,1-2H3,(H,21,24)(H,22,25)/p+1. The van der Waals surface area contributed by atoms with Gasteiger partial charge in [-0.3, -0.25) is 9.59 Å². The normalized spacial score (nSPS) is 15.2. The van der Waals surface area contributed by atoms with Crippen molar-refractivity contribution in [3.05, 3.63) is 41.5 Å². The molecule has 1 aromatic carbocycles. The second-order valence-electron chi connectivity index (χ2n) is 6.93. The molecule has 0 saturated carbocycles. The lowest BCUT2D eigenvalue weighted by Crippen LogP contribution is -3.11. The summed E-state index contributed by atoms with van der Waals surface area (Å²) in [6.45, 7) is 3.27. The summed E-state index contributed by atoms with van der Waals surface area (Å²) < 4.78 is 0. The molecule has 0 radical (unpaired) electrons. The van der Waals surface area contributed by atoms with Crippen LogP contribution in [0.3, 0.4) is 0 Å². The minimum absolute atomic E-state index is 0.00274. The van der Waals surface area contributed by atoms with E-state index in [2.05, 4.69) is 16.7 Å². The maximum Gasteiger partial charge on any atom is 0.279 e. The summed E-state index contributed by atoms with van der Waals surface area (Å²) in [4.78, 5) is 24.9. The Morgan fingerprint density at radius 2 is 1.80 bits per heavy atom. The van der Waals surface area contributed by atoms with Crippen LogP contribution in [0.2, 0.25) is 0 Å². The molecule has 0 heterocycles. The molecule has 1 aromatic rings. The smallest absolute Gasteiger partial charge is 0.279 e. The molecule has 5 heteroatoms. The van der Waals surface area contributed by atoms with Gasteiger partial charge in [0.2, 0.25) is 0 Å². The number of quaternary nitrogens is 1. The van der Waals surface area contributed by atoms with Crippen molar-refractivity contribution >= 4 is 17.5 Å². The molecule has 0 aromatic heterocycles. The first kappa shape index (κ1) is 19.2. The molecule has 2 rings (SSSR count). The maximum absolute atomic E-state index is 12.0. The highest BCUT2D eigenvalue weighted by atomic mass is 16.2. The number of benzene rings is 1. The van der Waals surface area contributed by atoms with Gasteiger partial charge in [0.05, 0.1) is 7.05 Å². The van der Waals surface area contributed by atoms with Gasteiger partial charge in [-0.15, -0.1) is 0 Å². The SMILES string of the molecule is Cc1ccc(NC(=O)C[NH+](C)CC(=O)NCCC2=CCCCC2)cc1.